The van der Waals surface area contributed by atoms with E-state index in [2.05, 4.69) is 185 Å². The normalized spacial score (nSPS) is 11.9. The van der Waals surface area contributed by atoms with Crippen molar-refractivity contribution in [1.82, 2.24) is 9.13 Å². The smallest absolute Gasteiger partial charge is 0.136 e. The number of rotatable bonds is 4. The molecule has 8 aromatic carbocycles. The van der Waals surface area contributed by atoms with Crippen LogP contribution in [0.3, 0.4) is 0 Å². The molecule has 11 aromatic rings. The Morgan fingerprint density at radius 3 is 1.61 bits per heavy atom. The van der Waals surface area contributed by atoms with Crippen molar-refractivity contribution in [3.63, 3.8) is 0 Å². The van der Waals surface area contributed by atoms with E-state index in [9.17, 15) is 0 Å². The number of hydrogen-bond acceptors (Lipinski definition) is 1. The Labute approximate surface area is 293 Å². The average molecular weight is 651 g/mol. The number of nitrogens with zero attached hydrogens (tertiary/aromatic N) is 2. The molecular weight excluding hydrogens is 621 g/mol. The van der Waals surface area contributed by atoms with Crippen molar-refractivity contribution in [2.45, 2.75) is 0 Å². The van der Waals surface area contributed by atoms with Gasteiger partial charge in [-0.2, -0.15) is 0 Å². The van der Waals surface area contributed by atoms with E-state index in [-0.39, 0.29) is 0 Å². The van der Waals surface area contributed by atoms with Crippen LogP contribution in [0.25, 0.3) is 99.2 Å². The molecule has 0 aliphatic rings. The van der Waals surface area contributed by atoms with E-state index < -0.39 is 0 Å². The van der Waals surface area contributed by atoms with Crippen LogP contribution in [0.5, 0.6) is 0 Å². The van der Waals surface area contributed by atoms with E-state index in [0.29, 0.717) is 0 Å². The van der Waals surface area contributed by atoms with Gasteiger partial charge >= 0.3 is 0 Å². The molecule has 0 saturated carbocycles. The minimum Gasteiger partial charge on any atom is -0.456 e. The molecule has 0 saturated heterocycles. The number of aromatic nitrogens is 2. The monoisotopic (exact) mass is 650 g/mol. The van der Waals surface area contributed by atoms with E-state index in [0.717, 1.165) is 27.6 Å². The van der Waals surface area contributed by atoms with E-state index in [1.165, 1.54) is 71.6 Å². The lowest BCUT2D eigenvalue weighted by atomic mass is 9.97. The van der Waals surface area contributed by atoms with E-state index >= 15 is 0 Å². The SMILES string of the molecule is c1ccc(-n2c3ccccc3c3cc(-c4ccc5c(c4)c4ccccc4n5-c4ccccc4-c4cccc5oc6ccccc6c45)ccc32)cc1. The molecule has 3 aromatic heterocycles. The summed E-state index contributed by atoms with van der Waals surface area (Å²) in [4.78, 5) is 0. The molecule has 0 atom stereocenters. The molecule has 3 nitrogen and oxygen atoms in total. The lowest BCUT2D eigenvalue weighted by Crippen LogP contribution is -1.97. The zero-order valence-electron chi connectivity index (χ0n) is 27.6. The Balaban J connectivity index is 1.12. The summed E-state index contributed by atoms with van der Waals surface area (Å²) >= 11 is 0. The van der Waals surface area contributed by atoms with Gasteiger partial charge in [-0.15, -0.1) is 0 Å². The second-order valence-corrected chi connectivity index (χ2v) is 13.3. The maximum atomic E-state index is 6.31. The third-order valence-electron chi connectivity index (χ3n) is 10.5. The number of benzene rings is 8. The fourth-order valence-electron chi connectivity index (χ4n) is 8.32. The molecule has 51 heavy (non-hydrogen) atoms. The molecule has 11 rings (SSSR count). The van der Waals surface area contributed by atoms with Crippen molar-refractivity contribution in [3.05, 3.63) is 182 Å². The van der Waals surface area contributed by atoms with E-state index in [4.69, 9.17) is 4.42 Å². The van der Waals surface area contributed by atoms with Crippen LogP contribution in [0, 0.1) is 0 Å². The Bertz CT molecular complexity index is 3140. The van der Waals surface area contributed by atoms with Crippen LogP contribution in [-0.4, -0.2) is 9.13 Å². The fraction of sp³-hybridized carbons (Fsp3) is 0. The van der Waals surface area contributed by atoms with Crippen molar-refractivity contribution < 1.29 is 4.42 Å². The van der Waals surface area contributed by atoms with Crippen LogP contribution in [0.1, 0.15) is 0 Å². The lowest BCUT2D eigenvalue weighted by molar-refractivity contribution is 0.669. The number of hydrogen-bond donors (Lipinski definition) is 0. The molecule has 238 valence electrons. The predicted octanol–water partition coefficient (Wildman–Crippen LogP) is 13.1. The van der Waals surface area contributed by atoms with Gasteiger partial charge in [0.05, 0.1) is 27.8 Å². The first-order valence-electron chi connectivity index (χ1n) is 17.4. The number of furan rings is 1. The molecule has 0 aliphatic carbocycles. The highest BCUT2D eigenvalue weighted by atomic mass is 16.3. The topological polar surface area (TPSA) is 23.0 Å². The Morgan fingerprint density at radius 1 is 0.333 bits per heavy atom. The first-order valence-corrected chi connectivity index (χ1v) is 17.4. The van der Waals surface area contributed by atoms with Crippen LogP contribution in [0.15, 0.2) is 186 Å². The van der Waals surface area contributed by atoms with Crippen molar-refractivity contribution in [2.75, 3.05) is 0 Å². The van der Waals surface area contributed by atoms with Gasteiger partial charge < -0.3 is 13.6 Å². The van der Waals surface area contributed by atoms with Crippen molar-refractivity contribution >= 4 is 65.6 Å². The van der Waals surface area contributed by atoms with Gasteiger partial charge in [0.25, 0.3) is 0 Å². The standard InChI is InChI=1S/C48H30N2O/c1-2-13-33(14-3-1)49-41-20-8-5-16-35(41)39-29-31(25-27-44(39)49)32-26-28-45-40(30-32)36-17-6-10-22-43(36)50(45)42-21-9-4-15-34(42)37-19-12-24-47-48(37)38-18-7-11-23-46(38)51-47/h1-30H. The molecule has 0 spiro atoms. The van der Waals surface area contributed by atoms with Gasteiger partial charge in [-0.25, -0.2) is 0 Å². The third kappa shape index (κ3) is 4.12. The summed E-state index contributed by atoms with van der Waals surface area (Å²) in [6.07, 6.45) is 0. The van der Waals surface area contributed by atoms with Gasteiger partial charge in [-0.05, 0) is 83.4 Å². The maximum Gasteiger partial charge on any atom is 0.136 e. The molecule has 0 fully saturated rings. The maximum absolute atomic E-state index is 6.31. The summed E-state index contributed by atoms with van der Waals surface area (Å²) < 4.78 is 11.1. The minimum absolute atomic E-state index is 0.902. The summed E-state index contributed by atoms with van der Waals surface area (Å²) in [5.74, 6) is 0. The third-order valence-corrected chi connectivity index (χ3v) is 10.5. The van der Waals surface area contributed by atoms with E-state index in [1.54, 1.807) is 0 Å². The van der Waals surface area contributed by atoms with Crippen LogP contribution in [0.4, 0.5) is 0 Å². The Hall–Kier alpha value is -6.84. The average Bonchev–Trinajstić information content (AvgIpc) is 3.85. The molecule has 0 unspecified atom stereocenters. The van der Waals surface area contributed by atoms with Gasteiger partial charge in [0.1, 0.15) is 11.2 Å². The quantitative estimate of drug-likeness (QED) is 0.186. The largest absolute Gasteiger partial charge is 0.456 e. The molecule has 0 aliphatic heterocycles. The molecule has 0 radical (unpaired) electrons. The van der Waals surface area contributed by atoms with Crippen molar-refractivity contribution in [1.29, 1.82) is 0 Å². The molecule has 3 heteroatoms. The summed E-state index contributed by atoms with van der Waals surface area (Å²) in [6.45, 7) is 0. The van der Waals surface area contributed by atoms with Crippen LogP contribution < -0.4 is 0 Å². The first kappa shape index (κ1) is 28.0. The van der Waals surface area contributed by atoms with Crippen molar-refractivity contribution in [2.24, 2.45) is 0 Å². The summed E-state index contributed by atoms with van der Waals surface area (Å²) in [5, 5.41) is 7.26. The minimum atomic E-state index is 0.902. The second-order valence-electron chi connectivity index (χ2n) is 13.3. The zero-order valence-corrected chi connectivity index (χ0v) is 27.6. The molecule has 0 N–H and O–H groups in total. The number of para-hydroxylation sites is 5. The van der Waals surface area contributed by atoms with Gasteiger partial charge in [-0.3, -0.25) is 0 Å². The van der Waals surface area contributed by atoms with Gasteiger partial charge in [0.15, 0.2) is 0 Å². The van der Waals surface area contributed by atoms with Crippen LogP contribution in [0.2, 0.25) is 0 Å². The first-order chi connectivity index (χ1) is 25.3. The van der Waals surface area contributed by atoms with Gasteiger partial charge in [0.2, 0.25) is 0 Å². The molecular formula is C48H30N2O. The summed E-state index contributed by atoms with van der Waals surface area (Å²) in [7, 11) is 0. The van der Waals surface area contributed by atoms with Crippen LogP contribution >= 0.6 is 0 Å². The molecule has 0 amide bonds. The highest BCUT2D eigenvalue weighted by molar-refractivity contribution is 6.15. The van der Waals surface area contributed by atoms with Gasteiger partial charge in [0, 0.05) is 43.6 Å². The highest BCUT2D eigenvalue weighted by Gasteiger charge is 2.20. The summed E-state index contributed by atoms with van der Waals surface area (Å²) in [5.41, 5.74) is 13.6. The summed E-state index contributed by atoms with van der Waals surface area (Å²) in [6, 6.07) is 65.5. The van der Waals surface area contributed by atoms with Crippen molar-refractivity contribution in [3.8, 4) is 33.6 Å². The zero-order chi connectivity index (χ0) is 33.5. The molecule has 3 heterocycles. The predicted molar refractivity (Wildman–Crippen MR) is 213 cm³/mol. The van der Waals surface area contributed by atoms with Crippen LogP contribution in [-0.2, 0) is 0 Å². The van der Waals surface area contributed by atoms with Gasteiger partial charge in [-0.1, -0.05) is 115 Å². The fourth-order valence-corrected chi connectivity index (χ4v) is 8.32. The molecule has 0 bridgehead atoms. The van der Waals surface area contributed by atoms with E-state index in [1.807, 2.05) is 6.07 Å². The number of fused-ring (bicyclic) bond motifs is 9. The Kier molecular flexibility index (Phi) is 5.96. The highest BCUT2D eigenvalue weighted by Crippen LogP contribution is 2.42. The lowest BCUT2D eigenvalue weighted by Gasteiger charge is -2.15. The second kappa shape index (κ2) is 10.8. The Morgan fingerprint density at radius 2 is 0.863 bits per heavy atom.